The van der Waals surface area contributed by atoms with Gasteiger partial charge in [-0.05, 0) is 56.9 Å². The molecule has 1 rings (SSSR count). The van der Waals surface area contributed by atoms with Crippen LogP contribution < -0.4 is 5.73 Å². The van der Waals surface area contributed by atoms with Gasteiger partial charge in [0.25, 0.3) is 0 Å². The first kappa shape index (κ1) is 16.0. The zero-order chi connectivity index (χ0) is 13.9. The van der Waals surface area contributed by atoms with Gasteiger partial charge in [0.1, 0.15) is 0 Å². The average molecular weight is 262 g/mol. The molecule has 19 heavy (non-hydrogen) atoms. The minimum Gasteiger partial charge on any atom is -0.399 e. The minimum absolute atomic E-state index is 0.941. The normalized spacial score (nSPS) is 11.1. The van der Waals surface area contributed by atoms with Crippen LogP contribution in [0.1, 0.15) is 51.5 Å². The number of nitrogens with zero attached hydrogens (tertiary/aromatic N) is 1. The molecule has 2 nitrogen and oxygen atoms in total. The molecule has 2 N–H and O–H groups in total. The molecule has 0 aliphatic rings. The summed E-state index contributed by atoms with van der Waals surface area (Å²) in [6.45, 7) is 8.24. The molecule has 0 amide bonds. The van der Waals surface area contributed by atoms with Crippen LogP contribution in [-0.4, -0.2) is 24.5 Å². The van der Waals surface area contributed by atoms with Crippen molar-refractivity contribution in [2.24, 2.45) is 0 Å². The smallest absolute Gasteiger partial charge is 0.0346 e. The van der Waals surface area contributed by atoms with Crippen molar-refractivity contribution in [3.8, 4) is 0 Å². The molecule has 1 aromatic rings. The second-order valence-electron chi connectivity index (χ2n) is 5.35. The Bertz CT molecular complexity index is 328. The average Bonchev–Trinajstić information content (AvgIpc) is 2.43. The molecular weight excluding hydrogens is 232 g/mol. The van der Waals surface area contributed by atoms with E-state index in [9.17, 15) is 0 Å². The zero-order valence-electron chi connectivity index (χ0n) is 12.7. The summed E-state index contributed by atoms with van der Waals surface area (Å²) in [5.41, 5.74) is 8.22. The summed E-state index contributed by atoms with van der Waals surface area (Å²) in [5, 5.41) is 0. The predicted molar refractivity (Wildman–Crippen MR) is 85.4 cm³/mol. The first-order valence-corrected chi connectivity index (χ1v) is 7.83. The van der Waals surface area contributed by atoms with Crippen LogP contribution in [0.5, 0.6) is 0 Å². The Labute approximate surface area is 119 Å². The lowest BCUT2D eigenvalue weighted by Crippen LogP contribution is -2.27. The Morgan fingerprint density at radius 2 is 1.47 bits per heavy atom. The molecule has 0 heterocycles. The lowest BCUT2D eigenvalue weighted by atomic mass is 10.1. The second kappa shape index (κ2) is 9.85. The Balaban J connectivity index is 2.32. The van der Waals surface area contributed by atoms with Crippen molar-refractivity contribution in [2.75, 3.05) is 25.4 Å². The molecule has 0 fully saturated rings. The Hall–Kier alpha value is -1.02. The zero-order valence-corrected chi connectivity index (χ0v) is 12.7. The summed E-state index contributed by atoms with van der Waals surface area (Å²) < 4.78 is 0. The molecule has 2 heteroatoms. The summed E-state index contributed by atoms with van der Waals surface area (Å²) >= 11 is 0. The molecule has 0 radical (unpaired) electrons. The Kier molecular flexibility index (Phi) is 8.31. The van der Waals surface area contributed by atoms with E-state index in [0.717, 1.165) is 12.1 Å². The minimum atomic E-state index is 0.941. The van der Waals surface area contributed by atoms with Crippen LogP contribution in [0.4, 0.5) is 5.69 Å². The van der Waals surface area contributed by atoms with E-state index in [4.69, 9.17) is 5.73 Å². The van der Waals surface area contributed by atoms with Crippen molar-refractivity contribution in [2.45, 2.75) is 52.4 Å². The van der Waals surface area contributed by atoms with E-state index >= 15 is 0 Å². The molecule has 0 bridgehead atoms. The molecule has 0 spiro atoms. The van der Waals surface area contributed by atoms with Gasteiger partial charge >= 0.3 is 0 Å². The second-order valence-corrected chi connectivity index (χ2v) is 5.35. The summed E-state index contributed by atoms with van der Waals surface area (Å²) in [5.74, 6) is 0. The summed E-state index contributed by atoms with van der Waals surface area (Å²) in [6.07, 6.45) is 7.51. The molecule has 0 atom stereocenters. The van der Waals surface area contributed by atoms with Crippen LogP contribution in [0.15, 0.2) is 24.3 Å². The third kappa shape index (κ3) is 6.63. The van der Waals surface area contributed by atoms with E-state index in [1.54, 1.807) is 0 Å². The van der Waals surface area contributed by atoms with Gasteiger partial charge in [0.15, 0.2) is 0 Å². The number of rotatable bonds is 10. The maximum Gasteiger partial charge on any atom is 0.0346 e. The third-order valence-corrected chi connectivity index (χ3v) is 3.63. The highest BCUT2D eigenvalue weighted by Crippen LogP contribution is 2.13. The lowest BCUT2D eigenvalue weighted by molar-refractivity contribution is 0.262. The summed E-state index contributed by atoms with van der Waals surface area (Å²) in [6, 6.07) is 8.24. The van der Waals surface area contributed by atoms with Crippen molar-refractivity contribution in [3.05, 3.63) is 29.8 Å². The molecule has 0 saturated carbocycles. The monoisotopic (exact) mass is 262 g/mol. The number of hydrogen-bond acceptors (Lipinski definition) is 2. The molecule has 108 valence electrons. The highest BCUT2D eigenvalue weighted by Gasteiger charge is 2.04. The first-order chi connectivity index (χ1) is 9.27. The standard InChI is InChI=1S/C17H30N2/c1-3-5-13-19(14-6-4-2)15-9-11-16-10-7-8-12-17(16)18/h7-8,10,12H,3-6,9,11,13-15,18H2,1-2H3. The largest absolute Gasteiger partial charge is 0.399 e. The van der Waals surface area contributed by atoms with Crippen molar-refractivity contribution in [3.63, 3.8) is 0 Å². The van der Waals surface area contributed by atoms with Crippen LogP contribution in [-0.2, 0) is 6.42 Å². The quantitative estimate of drug-likeness (QED) is 0.643. The Morgan fingerprint density at radius 3 is 2.05 bits per heavy atom. The number of unbranched alkanes of at least 4 members (excludes halogenated alkanes) is 2. The molecule has 0 aromatic heterocycles. The van der Waals surface area contributed by atoms with E-state index < -0.39 is 0 Å². The van der Waals surface area contributed by atoms with Crippen molar-refractivity contribution >= 4 is 5.69 Å². The van der Waals surface area contributed by atoms with E-state index in [-0.39, 0.29) is 0 Å². The fourth-order valence-corrected chi connectivity index (χ4v) is 2.35. The van der Waals surface area contributed by atoms with Crippen LogP contribution in [0.2, 0.25) is 0 Å². The fourth-order valence-electron chi connectivity index (χ4n) is 2.35. The number of para-hydroxylation sites is 1. The number of nitrogens with two attached hydrogens (primary N) is 1. The van der Waals surface area contributed by atoms with Gasteiger partial charge in [-0.1, -0.05) is 44.9 Å². The highest BCUT2D eigenvalue weighted by atomic mass is 15.1. The maximum absolute atomic E-state index is 5.98. The van der Waals surface area contributed by atoms with Gasteiger partial charge in [0.2, 0.25) is 0 Å². The van der Waals surface area contributed by atoms with Crippen LogP contribution in [0.25, 0.3) is 0 Å². The first-order valence-electron chi connectivity index (χ1n) is 7.83. The van der Waals surface area contributed by atoms with Gasteiger partial charge < -0.3 is 10.6 Å². The molecule has 1 aromatic carbocycles. The van der Waals surface area contributed by atoms with Crippen molar-refractivity contribution in [1.82, 2.24) is 4.90 Å². The fraction of sp³-hybridized carbons (Fsp3) is 0.647. The number of anilines is 1. The van der Waals surface area contributed by atoms with Crippen LogP contribution >= 0.6 is 0 Å². The third-order valence-electron chi connectivity index (χ3n) is 3.63. The number of nitrogen functional groups attached to an aromatic ring is 1. The lowest BCUT2D eigenvalue weighted by Gasteiger charge is -2.22. The van der Waals surface area contributed by atoms with Gasteiger partial charge in [-0.25, -0.2) is 0 Å². The molecule has 0 saturated heterocycles. The topological polar surface area (TPSA) is 29.3 Å². The van der Waals surface area contributed by atoms with Gasteiger partial charge in [-0.2, -0.15) is 0 Å². The van der Waals surface area contributed by atoms with Gasteiger partial charge in [0, 0.05) is 5.69 Å². The molecule has 0 aliphatic heterocycles. The summed E-state index contributed by atoms with van der Waals surface area (Å²) in [4.78, 5) is 2.62. The van der Waals surface area contributed by atoms with Crippen molar-refractivity contribution < 1.29 is 0 Å². The van der Waals surface area contributed by atoms with Crippen LogP contribution in [0, 0.1) is 0 Å². The predicted octanol–water partition coefficient (Wildman–Crippen LogP) is 4.10. The SMILES string of the molecule is CCCCN(CCCC)CCCc1ccccc1N. The van der Waals surface area contributed by atoms with Gasteiger partial charge in [0.05, 0.1) is 0 Å². The number of hydrogen-bond donors (Lipinski definition) is 1. The van der Waals surface area contributed by atoms with Crippen LogP contribution in [0.3, 0.4) is 0 Å². The maximum atomic E-state index is 5.98. The van der Waals surface area contributed by atoms with Crippen molar-refractivity contribution in [1.29, 1.82) is 0 Å². The van der Waals surface area contributed by atoms with E-state index in [0.29, 0.717) is 0 Å². The molecule has 0 aliphatic carbocycles. The molecule has 0 unspecified atom stereocenters. The van der Waals surface area contributed by atoms with E-state index in [2.05, 4.69) is 30.9 Å². The van der Waals surface area contributed by atoms with Gasteiger partial charge in [-0.3, -0.25) is 0 Å². The highest BCUT2D eigenvalue weighted by molar-refractivity contribution is 5.46. The Morgan fingerprint density at radius 1 is 0.895 bits per heavy atom. The number of aryl methyl sites for hydroxylation is 1. The van der Waals surface area contributed by atoms with Gasteiger partial charge in [-0.15, -0.1) is 0 Å². The number of benzene rings is 1. The van der Waals surface area contributed by atoms with E-state index in [1.807, 2.05) is 12.1 Å². The molecular formula is C17H30N2. The van der Waals surface area contributed by atoms with E-state index in [1.165, 1.54) is 57.3 Å². The summed E-state index contributed by atoms with van der Waals surface area (Å²) in [7, 11) is 0.